The number of benzene rings is 3. The second-order valence-corrected chi connectivity index (χ2v) is 7.70. The van der Waals surface area contributed by atoms with Gasteiger partial charge in [0.1, 0.15) is 0 Å². The molecule has 136 valence electrons. The van der Waals surface area contributed by atoms with Crippen LogP contribution in [0.25, 0.3) is 0 Å². The van der Waals surface area contributed by atoms with E-state index in [1.165, 1.54) is 16.7 Å². The summed E-state index contributed by atoms with van der Waals surface area (Å²) in [5.74, 6) is 0. The van der Waals surface area contributed by atoms with Gasteiger partial charge in [-0.05, 0) is 37.5 Å². The zero-order valence-electron chi connectivity index (χ0n) is 16.3. The van der Waals surface area contributed by atoms with Crippen LogP contribution in [0.2, 0.25) is 0 Å². The molecular weight excluding hydrogens is 328 g/mol. The van der Waals surface area contributed by atoms with E-state index >= 15 is 0 Å². The van der Waals surface area contributed by atoms with E-state index in [4.69, 9.17) is 0 Å². The van der Waals surface area contributed by atoms with E-state index in [1.54, 1.807) is 0 Å². The van der Waals surface area contributed by atoms with E-state index in [0.717, 1.165) is 0 Å². The number of hydrogen-bond donors (Lipinski definition) is 0. The SMILES string of the molecule is CC(C)(C)N=C=NCC(c1ccccc1)(c1ccccc1)c1ccccc1. The highest BCUT2D eigenvalue weighted by atomic mass is 14.9. The molecule has 2 nitrogen and oxygen atoms in total. The van der Waals surface area contributed by atoms with Crippen molar-refractivity contribution in [3.8, 4) is 0 Å². The van der Waals surface area contributed by atoms with Crippen molar-refractivity contribution in [3.05, 3.63) is 108 Å². The van der Waals surface area contributed by atoms with Crippen LogP contribution in [0.1, 0.15) is 37.5 Å². The molecule has 0 atom stereocenters. The van der Waals surface area contributed by atoms with E-state index in [0.29, 0.717) is 6.54 Å². The molecule has 0 saturated carbocycles. The average Bonchev–Trinajstić information content (AvgIpc) is 2.70. The van der Waals surface area contributed by atoms with Crippen molar-refractivity contribution in [2.75, 3.05) is 6.54 Å². The molecule has 0 aliphatic carbocycles. The fourth-order valence-corrected chi connectivity index (χ4v) is 3.28. The van der Waals surface area contributed by atoms with Crippen LogP contribution < -0.4 is 0 Å². The molecule has 3 rings (SSSR count). The summed E-state index contributed by atoms with van der Waals surface area (Å²) in [7, 11) is 0. The summed E-state index contributed by atoms with van der Waals surface area (Å²) < 4.78 is 0. The first-order valence-corrected chi connectivity index (χ1v) is 9.32. The third kappa shape index (κ3) is 4.42. The minimum atomic E-state index is -0.385. The molecule has 0 aliphatic rings. The van der Waals surface area contributed by atoms with Gasteiger partial charge < -0.3 is 0 Å². The van der Waals surface area contributed by atoms with E-state index in [9.17, 15) is 0 Å². The maximum atomic E-state index is 4.64. The second kappa shape index (κ2) is 8.16. The summed E-state index contributed by atoms with van der Waals surface area (Å²) in [6, 6.07) is 34.7. The van der Waals surface area contributed by atoms with Crippen molar-refractivity contribution in [3.63, 3.8) is 0 Å². The quantitative estimate of drug-likeness (QED) is 0.397. The summed E-state index contributed by atoms with van der Waals surface area (Å²) in [6.07, 6.45) is 0. The highest BCUT2D eigenvalue weighted by Gasteiger charge is 2.36. The van der Waals surface area contributed by atoms with Crippen LogP contribution >= 0.6 is 0 Å². The Morgan fingerprint density at radius 1 is 0.630 bits per heavy atom. The predicted molar refractivity (Wildman–Crippen MR) is 114 cm³/mol. The molecule has 0 saturated heterocycles. The molecule has 3 aromatic rings. The van der Waals surface area contributed by atoms with Gasteiger partial charge >= 0.3 is 0 Å². The zero-order chi connectivity index (χ0) is 19.2. The van der Waals surface area contributed by atoms with Crippen molar-refractivity contribution < 1.29 is 0 Å². The number of nitrogens with zero attached hydrogens (tertiary/aromatic N) is 2. The zero-order valence-corrected chi connectivity index (χ0v) is 16.3. The molecule has 27 heavy (non-hydrogen) atoms. The van der Waals surface area contributed by atoms with E-state index in [2.05, 4.69) is 107 Å². The Hall–Kier alpha value is -2.96. The lowest BCUT2D eigenvalue weighted by atomic mass is 9.69. The standard InChI is InChI=1S/C25H26N2/c1-24(2,3)27-20-26-19-25(21-13-7-4-8-14-21,22-15-9-5-10-16-22)23-17-11-6-12-18-23/h4-18H,19H2,1-3H3. The third-order valence-corrected chi connectivity index (χ3v) is 4.57. The molecule has 2 heteroatoms. The summed E-state index contributed by atoms with van der Waals surface area (Å²) in [5.41, 5.74) is 3.07. The van der Waals surface area contributed by atoms with Gasteiger partial charge in [0.2, 0.25) is 0 Å². The van der Waals surface area contributed by atoms with Crippen LogP contribution in [0.5, 0.6) is 0 Å². The highest BCUT2D eigenvalue weighted by molar-refractivity contribution is 5.52. The molecule has 0 unspecified atom stereocenters. The van der Waals surface area contributed by atoms with E-state index in [-0.39, 0.29) is 11.0 Å². The van der Waals surface area contributed by atoms with Crippen molar-refractivity contribution in [1.29, 1.82) is 0 Å². The Morgan fingerprint density at radius 2 is 1.00 bits per heavy atom. The molecule has 0 aromatic heterocycles. The van der Waals surface area contributed by atoms with Gasteiger partial charge in [0.15, 0.2) is 0 Å². The van der Waals surface area contributed by atoms with Crippen molar-refractivity contribution >= 4 is 6.01 Å². The maximum absolute atomic E-state index is 4.64. The normalized spacial score (nSPS) is 11.5. The smallest absolute Gasteiger partial charge is 0.0898 e. The maximum Gasteiger partial charge on any atom is 0.0898 e. The molecule has 0 N–H and O–H groups in total. The molecule has 0 radical (unpaired) electrons. The summed E-state index contributed by atoms with van der Waals surface area (Å²) >= 11 is 0. The van der Waals surface area contributed by atoms with Crippen LogP contribution in [-0.4, -0.2) is 18.1 Å². The first kappa shape index (κ1) is 18.8. The first-order valence-electron chi connectivity index (χ1n) is 9.32. The van der Waals surface area contributed by atoms with Crippen LogP contribution in [0.4, 0.5) is 0 Å². The molecule has 0 heterocycles. The molecule has 0 amide bonds. The molecule has 0 fully saturated rings. The minimum absolute atomic E-state index is 0.182. The molecule has 0 spiro atoms. The lowest BCUT2D eigenvalue weighted by molar-refractivity contribution is 0.584. The Bertz CT molecular complexity index is 804. The van der Waals surface area contributed by atoms with Crippen molar-refractivity contribution in [1.82, 2.24) is 0 Å². The van der Waals surface area contributed by atoms with Gasteiger partial charge in [-0.25, -0.2) is 9.98 Å². The van der Waals surface area contributed by atoms with Crippen molar-refractivity contribution in [2.45, 2.75) is 31.7 Å². The molecule has 3 aromatic carbocycles. The summed E-state index contributed by atoms with van der Waals surface area (Å²) in [6.45, 7) is 6.70. The molecule has 0 aliphatic heterocycles. The largest absolute Gasteiger partial charge is 0.224 e. The number of rotatable bonds is 5. The summed E-state index contributed by atoms with van der Waals surface area (Å²) in [5, 5.41) is 0. The predicted octanol–water partition coefficient (Wildman–Crippen LogP) is 5.99. The van der Waals surface area contributed by atoms with Gasteiger partial charge in [-0.2, -0.15) is 0 Å². The van der Waals surface area contributed by atoms with Crippen LogP contribution in [0, 0.1) is 0 Å². The number of hydrogen-bond acceptors (Lipinski definition) is 2. The molecular formula is C25H26N2. The Labute approximate surface area is 162 Å². The van der Waals surface area contributed by atoms with Crippen molar-refractivity contribution in [2.24, 2.45) is 9.98 Å². The second-order valence-electron chi connectivity index (χ2n) is 7.70. The third-order valence-electron chi connectivity index (χ3n) is 4.57. The van der Waals surface area contributed by atoms with Crippen LogP contribution in [0.15, 0.2) is 101 Å². The Balaban J connectivity index is 2.21. The fraction of sp³-hybridized carbons (Fsp3) is 0.240. The first-order chi connectivity index (χ1) is 13.0. The van der Waals surface area contributed by atoms with Crippen LogP contribution in [0.3, 0.4) is 0 Å². The lowest BCUT2D eigenvalue weighted by Crippen LogP contribution is -2.32. The van der Waals surface area contributed by atoms with Gasteiger partial charge in [0, 0.05) is 0 Å². The minimum Gasteiger partial charge on any atom is -0.224 e. The van der Waals surface area contributed by atoms with Crippen LogP contribution in [-0.2, 0) is 5.41 Å². The average molecular weight is 354 g/mol. The Morgan fingerprint density at radius 3 is 1.33 bits per heavy atom. The number of aliphatic imine (C=N–C) groups is 2. The van der Waals surface area contributed by atoms with Gasteiger partial charge in [-0.1, -0.05) is 91.0 Å². The van der Waals surface area contributed by atoms with E-state index < -0.39 is 0 Å². The topological polar surface area (TPSA) is 24.7 Å². The lowest BCUT2D eigenvalue weighted by Gasteiger charge is -2.34. The highest BCUT2D eigenvalue weighted by Crippen LogP contribution is 2.39. The molecule has 0 bridgehead atoms. The van der Waals surface area contributed by atoms with Gasteiger partial charge in [0.25, 0.3) is 0 Å². The summed E-state index contributed by atoms with van der Waals surface area (Å²) in [4.78, 5) is 9.07. The monoisotopic (exact) mass is 354 g/mol. The van der Waals surface area contributed by atoms with Gasteiger partial charge in [-0.3, -0.25) is 0 Å². The van der Waals surface area contributed by atoms with Gasteiger partial charge in [0.05, 0.1) is 23.5 Å². The fourth-order valence-electron chi connectivity index (χ4n) is 3.28. The van der Waals surface area contributed by atoms with E-state index in [1.807, 2.05) is 20.8 Å². The Kier molecular flexibility index (Phi) is 5.69. The van der Waals surface area contributed by atoms with Gasteiger partial charge in [-0.15, -0.1) is 0 Å².